The summed E-state index contributed by atoms with van der Waals surface area (Å²) >= 11 is 0. The fourth-order valence-corrected chi connectivity index (χ4v) is 3.65. The van der Waals surface area contributed by atoms with Crippen molar-refractivity contribution in [2.75, 3.05) is 6.54 Å². The van der Waals surface area contributed by atoms with E-state index in [1.807, 2.05) is 17.0 Å². The van der Waals surface area contributed by atoms with Crippen LogP contribution in [0.5, 0.6) is 0 Å². The Bertz CT molecular complexity index is 931. The van der Waals surface area contributed by atoms with E-state index in [9.17, 15) is 9.18 Å². The maximum Gasteiger partial charge on any atom is 0.254 e. The molecule has 0 spiro atoms. The average molecular weight is 345 g/mol. The summed E-state index contributed by atoms with van der Waals surface area (Å²) in [6, 6.07) is 22.3. The molecule has 0 unspecified atom stereocenters. The van der Waals surface area contributed by atoms with Gasteiger partial charge in [-0.3, -0.25) is 4.79 Å². The van der Waals surface area contributed by atoms with Gasteiger partial charge >= 0.3 is 0 Å². The van der Waals surface area contributed by atoms with Crippen LogP contribution >= 0.6 is 0 Å². The van der Waals surface area contributed by atoms with Crippen molar-refractivity contribution in [3.05, 3.63) is 106 Å². The summed E-state index contributed by atoms with van der Waals surface area (Å²) in [5.41, 5.74) is 5.25. The summed E-state index contributed by atoms with van der Waals surface area (Å²) in [6.07, 6.45) is 0.825. The number of hydrogen-bond acceptors (Lipinski definition) is 1. The van der Waals surface area contributed by atoms with Gasteiger partial charge in [-0.2, -0.15) is 0 Å². The van der Waals surface area contributed by atoms with Crippen molar-refractivity contribution in [3.8, 4) is 0 Å². The van der Waals surface area contributed by atoms with Crippen LogP contribution in [-0.4, -0.2) is 17.4 Å². The lowest BCUT2D eigenvalue weighted by Gasteiger charge is -2.38. The molecule has 26 heavy (non-hydrogen) atoms. The van der Waals surface area contributed by atoms with E-state index in [0.29, 0.717) is 12.1 Å². The lowest BCUT2D eigenvalue weighted by atomic mass is 9.87. The molecule has 0 saturated heterocycles. The average Bonchev–Trinajstić information content (AvgIpc) is 2.68. The summed E-state index contributed by atoms with van der Waals surface area (Å²) in [4.78, 5) is 15.1. The molecule has 3 aromatic rings. The zero-order valence-electron chi connectivity index (χ0n) is 14.7. The highest BCUT2D eigenvalue weighted by atomic mass is 19.1. The van der Waals surface area contributed by atoms with Crippen LogP contribution in [0.3, 0.4) is 0 Å². The Kier molecular flexibility index (Phi) is 4.29. The Balaban J connectivity index is 1.78. The van der Waals surface area contributed by atoms with Crippen LogP contribution < -0.4 is 0 Å². The molecule has 0 N–H and O–H groups in total. The van der Waals surface area contributed by atoms with E-state index in [-0.39, 0.29) is 17.8 Å². The Morgan fingerprint density at radius 2 is 1.65 bits per heavy atom. The number of benzene rings is 3. The lowest BCUT2D eigenvalue weighted by Crippen LogP contribution is -2.40. The first-order valence-corrected chi connectivity index (χ1v) is 8.84. The SMILES string of the molecule is Cc1ccc([C@H]2c3ccccc3CCN2C(=O)c2ccc(F)cc2)cc1. The van der Waals surface area contributed by atoms with E-state index in [0.717, 1.165) is 17.5 Å². The van der Waals surface area contributed by atoms with Crippen LogP contribution in [0.25, 0.3) is 0 Å². The Morgan fingerprint density at radius 3 is 2.38 bits per heavy atom. The van der Waals surface area contributed by atoms with Gasteiger partial charge in [0.05, 0.1) is 6.04 Å². The predicted octanol–water partition coefficient (Wildman–Crippen LogP) is 4.92. The summed E-state index contributed by atoms with van der Waals surface area (Å²) in [7, 11) is 0. The molecule has 0 aromatic heterocycles. The molecule has 1 atom stereocenters. The number of amides is 1. The molecule has 0 fully saturated rings. The Morgan fingerprint density at radius 1 is 0.962 bits per heavy atom. The molecule has 0 aliphatic carbocycles. The molecule has 1 aliphatic rings. The van der Waals surface area contributed by atoms with Gasteiger partial charge in [0.1, 0.15) is 5.82 Å². The van der Waals surface area contributed by atoms with Gasteiger partial charge in [0.25, 0.3) is 5.91 Å². The van der Waals surface area contributed by atoms with Gasteiger partial charge < -0.3 is 4.90 Å². The van der Waals surface area contributed by atoms with Crippen LogP contribution in [-0.2, 0) is 6.42 Å². The summed E-state index contributed by atoms with van der Waals surface area (Å²) in [5.74, 6) is -0.397. The first-order valence-electron chi connectivity index (χ1n) is 8.84. The zero-order chi connectivity index (χ0) is 18.1. The molecule has 0 saturated carbocycles. The smallest absolute Gasteiger partial charge is 0.254 e. The second-order valence-corrected chi connectivity index (χ2v) is 6.77. The van der Waals surface area contributed by atoms with Crippen molar-refractivity contribution < 1.29 is 9.18 Å². The van der Waals surface area contributed by atoms with Crippen molar-refractivity contribution in [1.29, 1.82) is 0 Å². The number of fused-ring (bicyclic) bond motifs is 1. The van der Waals surface area contributed by atoms with E-state index in [1.54, 1.807) is 12.1 Å². The van der Waals surface area contributed by atoms with Gasteiger partial charge in [-0.05, 0) is 54.3 Å². The maximum atomic E-state index is 13.2. The van der Waals surface area contributed by atoms with Crippen LogP contribution in [0, 0.1) is 12.7 Å². The Labute approximate surface area is 152 Å². The van der Waals surface area contributed by atoms with E-state index in [4.69, 9.17) is 0 Å². The van der Waals surface area contributed by atoms with Gasteiger partial charge in [0.2, 0.25) is 0 Å². The van der Waals surface area contributed by atoms with Gasteiger partial charge in [-0.25, -0.2) is 4.39 Å². The molecule has 4 rings (SSSR count). The van der Waals surface area contributed by atoms with Crippen LogP contribution in [0.15, 0.2) is 72.8 Å². The molecule has 2 nitrogen and oxygen atoms in total. The largest absolute Gasteiger partial charge is 0.327 e. The molecule has 1 heterocycles. The van der Waals surface area contributed by atoms with Crippen LogP contribution in [0.2, 0.25) is 0 Å². The number of carbonyl (C=O) groups is 1. The summed E-state index contributed by atoms with van der Waals surface area (Å²) in [6.45, 7) is 2.70. The van der Waals surface area contributed by atoms with E-state index < -0.39 is 0 Å². The van der Waals surface area contributed by atoms with Crippen LogP contribution in [0.1, 0.15) is 38.7 Å². The second kappa shape index (κ2) is 6.75. The highest BCUT2D eigenvalue weighted by Gasteiger charge is 2.32. The predicted molar refractivity (Wildman–Crippen MR) is 101 cm³/mol. The van der Waals surface area contributed by atoms with E-state index in [2.05, 4.69) is 43.3 Å². The topological polar surface area (TPSA) is 20.3 Å². The van der Waals surface area contributed by atoms with E-state index in [1.165, 1.54) is 23.3 Å². The Hall–Kier alpha value is -2.94. The highest BCUT2D eigenvalue weighted by Crippen LogP contribution is 2.36. The number of nitrogens with zero attached hydrogens (tertiary/aromatic N) is 1. The van der Waals surface area contributed by atoms with E-state index >= 15 is 0 Å². The van der Waals surface area contributed by atoms with Gasteiger partial charge in [0.15, 0.2) is 0 Å². The fraction of sp³-hybridized carbons (Fsp3) is 0.174. The molecule has 0 bridgehead atoms. The van der Waals surface area contributed by atoms with Crippen molar-refractivity contribution in [2.45, 2.75) is 19.4 Å². The van der Waals surface area contributed by atoms with Crippen molar-refractivity contribution in [1.82, 2.24) is 4.90 Å². The number of carbonyl (C=O) groups excluding carboxylic acids is 1. The number of rotatable bonds is 2. The third kappa shape index (κ3) is 3.01. The zero-order valence-corrected chi connectivity index (χ0v) is 14.7. The molecule has 1 aliphatic heterocycles. The normalized spacial score (nSPS) is 16.2. The third-order valence-corrected chi connectivity index (χ3v) is 5.03. The second-order valence-electron chi connectivity index (χ2n) is 6.77. The molecule has 1 amide bonds. The minimum atomic E-state index is -0.333. The molecule has 0 radical (unpaired) electrons. The monoisotopic (exact) mass is 345 g/mol. The van der Waals surface area contributed by atoms with Gasteiger partial charge in [-0.15, -0.1) is 0 Å². The number of hydrogen-bond donors (Lipinski definition) is 0. The third-order valence-electron chi connectivity index (χ3n) is 5.03. The van der Waals surface area contributed by atoms with Crippen molar-refractivity contribution in [2.24, 2.45) is 0 Å². The fourth-order valence-electron chi connectivity index (χ4n) is 3.65. The molecular formula is C23H20FNO. The highest BCUT2D eigenvalue weighted by molar-refractivity contribution is 5.95. The van der Waals surface area contributed by atoms with Gasteiger partial charge in [-0.1, -0.05) is 54.1 Å². The van der Waals surface area contributed by atoms with Crippen LogP contribution in [0.4, 0.5) is 4.39 Å². The minimum Gasteiger partial charge on any atom is -0.327 e. The summed E-state index contributed by atoms with van der Waals surface area (Å²) < 4.78 is 13.2. The lowest BCUT2D eigenvalue weighted by molar-refractivity contribution is 0.0694. The quantitative estimate of drug-likeness (QED) is 0.645. The van der Waals surface area contributed by atoms with Crippen molar-refractivity contribution >= 4 is 5.91 Å². The molecule has 3 heteroatoms. The molecular weight excluding hydrogens is 325 g/mol. The maximum absolute atomic E-state index is 13.2. The minimum absolute atomic E-state index is 0.0647. The summed E-state index contributed by atoms with van der Waals surface area (Å²) in [5, 5.41) is 0. The number of aryl methyl sites for hydroxylation is 1. The first-order chi connectivity index (χ1) is 12.6. The standard InChI is InChI=1S/C23H20FNO/c1-16-6-8-18(9-7-16)22-21-5-3-2-4-17(21)14-15-25(22)23(26)19-10-12-20(24)13-11-19/h2-13,22H,14-15H2,1H3/t22-/m0/s1. The van der Waals surface area contributed by atoms with Gasteiger partial charge in [0, 0.05) is 12.1 Å². The molecule has 3 aromatic carbocycles. The number of halogens is 1. The molecule has 130 valence electrons. The first kappa shape index (κ1) is 16.5. The van der Waals surface area contributed by atoms with Crippen molar-refractivity contribution in [3.63, 3.8) is 0 Å².